The van der Waals surface area contributed by atoms with Gasteiger partial charge in [0.15, 0.2) is 11.0 Å². The van der Waals surface area contributed by atoms with Crippen LogP contribution >= 0.6 is 0 Å². The fourth-order valence-corrected chi connectivity index (χ4v) is 3.11. The van der Waals surface area contributed by atoms with Crippen LogP contribution in [0.3, 0.4) is 0 Å². The molecular formula is C22H20N4O3. The molecule has 2 heterocycles. The third-order valence-corrected chi connectivity index (χ3v) is 4.70. The van der Waals surface area contributed by atoms with Gasteiger partial charge in [-0.1, -0.05) is 50.2 Å². The van der Waals surface area contributed by atoms with Gasteiger partial charge in [0.2, 0.25) is 5.95 Å². The summed E-state index contributed by atoms with van der Waals surface area (Å²) in [4.78, 5) is 30.1. The summed E-state index contributed by atoms with van der Waals surface area (Å²) in [6.45, 7) is 5.67. The fraction of sp³-hybridized carbons (Fsp3) is 0.182. The van der Waals surface area contributed by atoms with Crippen LogP contribution in [0.4, 0.5) is 5.95 Å². The molecular weight excluding hydrogens is 368 g/mol. The first-order chi connectivity index (χ1) is 14.0. The Bertz CT molecular complexity index is 1260. The van der Waals surface area contributed by atoms with E-state index in [1.54, 1.807) is 25.1 Å². The van der Waals surface area contributed by atoms with Gasteiger partial charge in [-0.3, -0.25) is 20.0 Å². The Morgan fingerprint density at radius 2 is 1.86 bits per heavy atom. The van der Waals surface area contributed by atoms with Gasteiger partial charge in [-0.15, -0.1) is 5.10 Å². The summed E-state index contributed by atoms with van der Waals surface area (Å²) in [5.74, 6) is 1.000. The van der Waals surface area contributed by atoms with Crippen molar-refractivity contribution in [1.29, 1.82) is 0 Å². The van der Waals surface area contributed by atoms with E-state index in [1.807, 2.05) is 44.2 Å². The van der Waals surface area contributed by atoms with Crippen LogP contribution in [0.1, 0.15) is 41.5 Å². The predicted octanol–water partition coefficient (Wildman–Crippen LogP) is 4.26. The van der Waals surface area contributed by atoms with Gasteiger partial charge < -0.3 is 4.42 Å². The maximum absolute atomic E-state index is 12.9. The van der Waals surface area contributed by atoms with Crippen molar-refractivity contribution in [2.75, 3.05) is 5.32 Å². The lowest BCUT2D eigenvalue weighted by atomic mass is 10.0. The third-order valence-electron chi connectivity index (χ3n) is 4.70. The molecule has 0 atom stereocenters. The molecule has 0 bridgehead atoms. The number of benzene rings is 2. The topological polar surface area (TPSA) is 101 Å². The molecule has 2 aromatic carbocycles. The molecule has 0 aliphatic rings. The third kappa shape index (κ3) is 3.42. The Kier molecular flexibility index (Phi) is 4.72. The number of hydrogen-bond acceptors (Lipinski definition) is 5. The molecule has 2 N–H and O–H groups in total. The highest BCUT2D eigenvalue weighted by Gasteiger charge is 2.19. The number of nitrogens with one attached hydrogen (secondary N) is 2. The van der Waals surface area contributed by atoms with Crippen LogP contribution in [-0.4, -0.2) is 21.1 Å². The summed E-state index contributed by atoms with van der Waals surface area (Å²) in [7, 11) is 0. The molecule has 0 spiro atoms. The normalized spacial score (nSPS) is 11.2. The molecule has 0 aliphatic heterocycles. The summed E-state index contributed by atoms with van der Waals surface area (Å²) in [5, 5.41) is 9.84. The molecule has 0 unspecified atom stereocenters. The van der Waals surface area contributed by atoms with Crippen LogP contribution in [0, 0.1) is 6.92 Å². The molecule has 4 aromatic rings. The number of aromatic nitrogens is 3. The number of nitrogens with zero attached hydrogens (tertiary/aromatic N) is 2. The highest BCUT2D eigenvalue weighted by molar-refractivity contribution is 6.10. The minimum atomic E-state index is -0.448. The summed E-state index contributed by atoms with van der Waals surface area (Å²) in [6.07, 6.45) is 0. The monoisotopic (exact) mass is 388 g/mol. The van der Waals surface area contributed by atoms with Crippen LogP contribution in [0.2, 0.25) is 0 Å². The second-order valence-electron chi connectivity index (χ2n) is 7.09. The van der Waals surface area contributed by atoms with Crippen molar-refractivity contribution in [3.8, 4) is 11.3 Å². The van der Waals surface area contributed by atoms with E-state index in [2.05, 4.69) is 20.5 Å². The minimum absolute atomic E-state index is 0.153. The maximum atomic E-state index is 12.9. The molecule has 0 saturated heterocycles. The Morgan fingerprint density at radius 3 is 2.55 bits per heavy atom. The molecule has 29 heavy (non-hydrogen) atoms. The van der Waals surface area contributed by atoms with E-state index in [0.29, 0.717) is 22.5 Å². The van der Waals surface area contributed by atoms with Gasteiger partial charge in [0.05, 0.1) is 10.9 Å². The fourth-order valence-electron chi connectivity index (χ4n) is 3.11. The number of carbonyl (C=O) groups excluding carboxylic acids is 1. The number of fused-ring (bicyclic) bond motifs is 1. The molecule has 0 saturated carbocycles. The minimum Gasteiger partial charge on any atom is -0.455 e. The van der Waals surface area contributed by atoms with E-state index in [-0.39, 0.29) is 28.4 Å². The van der Waals surface area contributed by atoms with Crippen LogP contribution in [0.15, 0.2) is 57.7 Å². The largest absolute Gasteiger partial charge is 0.455 e. The zero-order chi connectivity index (χ0) is 20.5. The van der Waals surface area contributed by atoms with Gasteiger partial charge in [0.1, 0.15) is 11.6 Å². The van der Waals surface area contributed by atoms with E-state index in [9.17, 15) is 9.59 Å². The average Bonchev–Trinajstić information content (AvgIpc) is 3.19. The SMILES string of the molecule is Cc1c(-c2ccccc2)oc2c(C(=O)Nc3n[nH]c(C(C)C)n3)cccc2c1=O. The van der Waals surface area contributed by atoms with Crippen LogP contribution < -0.4 is 10.7 Å². The number of aromatic amines is 1. The first-order valence-electron chi connectivity index (χ1n) is 9.31. The van der Waals surface area contributed by atoms with Crippen molar-refractivity contribution in [2.24, 2.45) is 0 Å². The Morgan fingerprint density at radius 1 is 1.10 bits per heavy atom. The number of anilines is 1. The molecule has 1 amide bonds. The lowest BCUT2D eigenvalue weighted by Crippen LogP contribution is -2.15. The van der Waals surface area contributed by atoms with Crippen LogP contribution in [0.5, 0.6) is 0 Å². The van der Waals surface area contributed by atoms with Crippen LogP contribution in [0.25, 0.3) is 22.3 Å². The number of H-pyrrole nitrogens is 1. The quantitative estimate of drug-likeness (QED) is 0.544. The van der Waals surface area contributed by atoms with Crippen molar-refractivity contribution in [3.63, 3.8) is 0 Å². The second-order valence-corrected chi connectivity index (χ2v) is 7.09. The molecule has 146 valence electrons. The molecule has 7 heteroatoms. The van der Waals surface area contributed by atoms with E-state index >= 15 is 0 Å². The summed E-state index contributed by atoms with van der Waals surface area (Å²) in [5.41, 5.74) is 1.58. The standard InChI is InChI=1S/C22H20N4O3/c1-12(2)20-23-22(26-25-20)24-21(28)16-11-7-10-15-17(27)13(3)18(29-19(15)16)14-8-5-4-6-9-14/h4-12H,1-3H3,(H2,23,24,25,26,28). The summed E-state index contributed by atoms with van der Waals surface area (Å²) < 4.78 is 6.08. The predicted molar refractivity (Wildman–Crippen MR) is 111 cm³/mol. The number of hydrogen-bond donors (Lipinski definition) is 2. The molecule has 7 nitrogen and oxygen atoms in total. The molecule has 2 aromatic heterocycles. The molecule has 0 aliphatic carbocycles. The highest BCUT2D eigenvalue weighted by atomic mass is 16.3. The summed E-state index contributed by atoms with van der Waals surface area (Å²) in [6, 6.07) is 14.3. The lowest BCUT2D eigenvalue weighted by Gasteiger charge is -2.10. The van der Waals surface area contributed by atoms with Gasteiger partial charge in [-0.05, 0) is 19.1 Å². The number of para-hydroxylation sites is 1. The molecule has 4 rings (SSSR count). The van der Waals surface area contributed by atoms with Crippen molar-refractivity contribution in [1.82, 2.24) is 15.2 Å². The van der Waals surface area contributed by atoms with Gasteiger partial charge in [-0.2, -0.15) is 4.98 Å². The lowest BCUT2D eigenvalue weighted by molar-refractivity contribution is 0.102. The smallest absolute Gasteiger partial charge is 0.261 e. The van der Waals surface area contributed by atoms with Gasteiger partial charge in [0.25, 0.3) is 5.91 Å². The first kappa shape index (κ1) is 18.6. The van der Waals surface area contributed by atoms with E-state index < -0.39 is 5.91 Å². The Labute approximate surface area is 166 Å². The van der Waals surface area contributed by atoms with E-state index in [1.165, 1.54) is 0 Å². The Balaban J connectivity index is 1.81. The number of carbonyl (C=O) groups is 1. The second kappa shape index (κ2) is 7.35. The van der Waals surface area contributed by atoms with Gasteiger partial charge in [0, 0.05) is 17.0 Å². The maximum Gasteiger partial charge on any atom is 0.261 e. The van der Waals surface area contributed by atoms with Crippen LogP contribution in [-0.2, 0) is 0 Å². The van der Waals surface area contributed by atoms with Crippen molar-refractivity contribution in [3.05, 3.63) is 75.7 Å². The van der Waals surface area contributed by atoms with Gasteiger partial charge in [-0.25, -0.2) is 0 Å². The van der Waals surface area contributed by atoms with Crippen molar-refractivity contribution >= 4 is 22.8 Å². The highest BCUT2D eigenvalue weighted by Crippen LogP contribution is 2.27. The van der Waals surface area contributed by atoms with Crippen molar-refractivity contribution < 1.29 is 9.21 Å². The van der Waals surface area contributed by atoms with E-state index in [4.69, 9.17) is 4.42 Å². The molecule has 0 fully saturated rings. The van der Waals surface area contributed by atoms with Crippen molar-refractivity contribution in [2.45, 2.75) is 26.7 Å². The van der Waals surface area contributed by atoms with Gasteiger partial charge >= 0.3 is 0 Å². The first-order valence-corrected chi connectivity index (χ1v) is 9.31. The number of rotatable bonds is 4. The Hall–Kier alpha value is -3.74. The number of amides is 1. The summed E-state index contributed by atoms with van der Waals surface area (Å²) >= 11 is 0. The zero-order valence-electron chi connectivity index (χ0n) is 16.3. The zero-order valence-corrected chi connectivity index (χ0v) is 16.3. The average molecular weight is 388 g/mol. The van der Waals surface area contributed by atoms with E-state index in [0.717, 1.165) is 5.56 Å². The molecule has 0 radical (unpaired) electrons.